The summed E-state index contributed by atoms with van der Waals surface area (Å²) in [7, 11) is 0. The largest absolute Gasteiger partial charge is 0.446 e. The van der Waals surface area contributed by atoms with Crippen molar-refractivity contribution in [1.82, 2.24) is 4.90 Å². The molecule has 0 atom stereocenters. The molecule has 0 spiro atoms. The van der Waals surface area contributed by atoms with Crippen molar-refractivity contribution >= 4 is 12.0 Å². The van der Waals surface area contributed by atoms with Gasteiger partial charge in [-0.25, -0.2) is 9.69 Å². The number of hydrogen-bond acceptors (Lipinski definition) is 3. The first-order valence-corrected chi connectivity index (χ1v) is 6.28. The molecule has 16 heavy (non-hydrogen) atoms. The van der Waals surface area contributed by atoms with Crippen LogP contribution in [0.1, 0.15) is 51.4 Å². The molecule has 4 heteroatoms. The summed E-state index contributed by atoms with van der Waals surface area (Å²) in [6.45, 7) is 0.532. The second-order valence-corrected chi connectivity index (χ2v) is 4.65. The van der Waals surface area contributed by atoms with Gasteiger partial charge in [0, 0.05) is 13.0 Å². The van der Waals surface area contributed by atoms with Gasteiger partial charge in [-0.05, 0) is 32.1 Å². The number of rotatable bonds is 1. The van der Waals surface area contributed by atoms with Crippen LogP contribution in [-0.4, -0.2) is 29.5 Å². The van der Waals surface area contributed by atoms with E-state index in [2.05, 4.69) is 0 Å². The van der Waals surface area contributed by atoms with E-state index < -0.39 is 6.09 Å². The Morgan fingerprint density at radius 3 is 2.38 bits per heavy atom. The Morgan fingerprint density at radius 1 is 1.12 bits per heavy atom. The molecular weight excluding hydrogens is 206 g/mol. The highest BCUT2D eigenvalue weighted by Gasteiger charge is 2.29. The zero-order chi connectivity index (χ0) is 11.4. The van der Waals surface area contributed by atoms with E-state index in [0.29, 0.717) is 13.0 Å². The van der Waals surface area contributed by atoms with E-state index in [1.54, 1.807) is 0 Å². The number of ether oxygens (including phenoxy) is 1. The summed E-state index contributed by atoms with van der Waals surface area (Å²) in [6.07, 6.45) is 7.50. The van der Waals surface area contributed by atoms with Gasteiger partial charge < -0.3 is 4.74 Å². The number of imide groups is 1. The zero-order valence-electron chi connectivity index (χ0n) is 9.61. The molecule has 0 bridgehead atoms. The van der Waals surface area contributed by atoms with Gasteiger partial charge >= 0.3 is 6.09 Å². The molecule has 1 aliphatic carbocycles. The topological polar surface area (TPSA) is 46.6 Å². The van der Waals surface area contributed by atoms with E-state index in [-0.39, 0.29) is 12.0 Å². The van der Waals surface area contributed by atoms with Crippen molar-refractivity contribution in [3.8, 4) is 0 Å². The van der Waals surface area contributed by atoms with Crippen molar-refractivity contribution in [2.75, 3.05) is 6.54 Å². The number of amides is 2. The predicted molar refractivity (Wildman–Crippen MR) is 58.9 cm³/mol. The first-order valence-electron chi connectivity index (χ1n) is 6.28. The minimum Gasteiger partial charge on any atom is -0.446 e. The standard InChI is InChI=1S/C12H19NO3/c14-11-8-5-9-13(11)12(15)16-10-6-3-1-2-4-7-10/h10H,1-9H2. The molecule has 0 unspecified atom stereocenters. The van der Waals surface area contributed by atoms with Crippen LogP contribution in [0, 0.1) is 0 Å². The molecule has 1 heterocycles. The van der Waals surface area contributed by atoms with Crippen molar-refractivity contribution in [2.24, 2.45) is 0 Å². The number of carbonyl (C=O) groups excluding carboxylic acids is 2. The summed E-state index contributed by atoms with van der Waals surface area (Å²) in [4.78, 5) is 24.3. The lowest BCUT2D eigenvalue weighted by atomic mass is 10.2. The van der Waals surface area contributed by atoms with E-state index in [0.717, 1.165) is 32.1 Å². The zero-order valence-corrected chi connectivity index (χ0v) is 9.61. The third-order valence-corrected chi connectivity index (χ3v) is 3.36. The number of likely N-dealkylation sites (tertiary alicyclic amines) is 1. The number of hydrogen-bond donors (Lipinski definition) is 0. The van der Waals surface area contributed by atoms with E-state index in [4.69, 9.17) is 4.74 Å². The van der Waals surface area contributed by atoms with Crippen LogP contribution in [0.15, 0.2) is 0 Å². The Balaban J connectivity index is 1.83. The Morgan fingerprint density at radius 2 is 1.81 bits per heavy atom. The molecule has 1 saturated heterocycles. The monoisotopic (exact) mass is 225 g/mol. The Labute approximate surface area is 95.9 Å². The lowest BCUT2D eigenvalue weighted by molar-refractivity contribution is -0.126. The van der Waals surface area contributed by atoms with Crippen molar-refractivity contribution in [3.63, 3.8) is 0 Å². The molecule has 0 aromatic heterocycles. The van der Waals surface area contributed by atoms with Crippen LogP contribution in [-0.2, 0) is 9.53 Å². The molecule has 1 aliphatic heterocycles. The maximum atomic E-state index is 11.7. The molecule has 4 nitrogen and oxygen atoms in total. The number of carbonyl (C=O) groups is 2. The summed E-state index contributed by atoms with van der Waals surface area (Å²) >= 11 is 0. The fraction of sp³-hybridized carbons (Fsp3) is 0.833. The summed E-state index contributed by atoms with van der Waals surface area (Å²) < 4.78 is 5.39. The normalized spacial score (nSPS) is 23.2. The van der Waals surface area contributed by atoms with E-state index in [1.165, 1.54) is 17.7 Å². The van der Waals surface area contributed by atoms with Crippen LogP contribution < -0.4 is 0 Å². The highest BCUT2D eigenvalue weighted by molar-refractivity contribution is 5.93. The quantitative estimate of drug-likeness (QED) is 0.644. The fourth-order valence-electron chi connectivity index (χ4n) is 2.41. The number of nitrogens with zero attached hydrogens (tertiary/aromatic N) is 1. The molecule has 2 amide bonds. The summed E-state index contributed by atoms with van der Waals surface area (Å²) in [5, 5.41) is 0. The van der Waals surface area contributed by atoms with Gasteiger partial charge in [-0.2, -0.15) is 0 Å². The highest BCUT2D eigenvalue weighted by Crippen LogP contribution is 2.21. The van der Waals surface area contributed by atoms with Crippen molar-refractivity contribution < 1.29 is 14.3 Å². The third kappa shape index (κ3) is 2.74. The average Bonchev–Trinajstić information content (AvgIpc) is 2.53. The molecular formula is C12H19NO3. The fourth-order valence-corrected chi connectivity index (χ4v) is 2.41. The molecule has 0 aromatic rings. The summed E-state index contributed by atoms with van der Waals surface area (Å²) in [6, 6.07) is 0. The Bertz CT molecular complexity index is 269. The van der Waals surface area contributed by atoms with Crippen molar-refractivity contribution in [3.05, 3.63) is 0 Å². The van der Waals surface area contributed by atoms with E-state index in [1.807, 2.05) is 0 Å². The van der Waals surface area contributed by atoms with Gasteiger partial charge in [0.15, 0.2) is 0 Å². The lowest BCUT2D eigenvalue weighted by Crippen LogP contribution is -2.35. The SMILES string of the molecule is O=C1CCCN1C(=O)OC1CCCCCC1. The second-order valence-electron chi connectivity index (χ2n) is 4.65. The second kappa shape index (κ2) is 5.32. The van der Waals surface area contributed by atoms with Gasteiger partial charge in [-0.1, -0.05) is 12.8 Å². The van der Waals surface area contributed by atoms with Crippen LogP contribution in [0.5, 0.6) is 0 Å². The Kier molecular flexibility index (Phi) is 3.80. The maximum absolute atomic E-state index is 11.7. The van der Waals surface area contributed by atoms with Crippen LogP contribution in [0.25, 0.3) is 0 Å². The Hall–Kier alpha value is -1.06. The van der Waals surface area contributed by atoms with Gasteiger partial charge in [0.05, 0.1) is 0 Å². The average molecular weight is 225 g/mol. The molecule has 2 rings (SSSR count). The molecule has 1 saturated carbocycles. The minimum atomic E-state index is -0.422. The van der Waals surface area contributed by atoms with Crippen LogP contribution in [0.4, 0.5) is 4.79 Å². The van der Waals surface area contributed by atoms with Gasteiger partial charge in [-0.3, -0.25) is 4.79 Å². The van der Waals surface area contributed by atoms with Gasteiger partial charge in [0.1, 0.15) is 6.10 Å². The van der Waals surface area contributed by atoms with Crippen LogP contribution in [0.2, 0.25) is 0 Å². The molecule has 0 radical (unpaired) electrons. The smallest absolute Gasteiger partial charge is 0.416 e. The van der Waals surface area contributed by atoms with Crippen molar-refractivity contribution in [1.29, 1.82) is 0 Å². The molecule has 90 valence electrons. The first kappa shape index (κ1) is 11.4. The third-order valence-electron chi connectivity index (χ3n) is 3.36. The van der Waals surface area contributed by atoms with E-state index in [9.17, 15) is 9.59 Å². The summed E-state index contributed by atoms with van der Waals surface area (Å²) in [5.74, 6) is -0.0846. The highest BCUT2D eigenvalue weighted by atomic mass is 16.6. The minimum absolute atomic E-state index is 0.0309. The van der Waals surface area contributed by atoms with Crippen LogP contribution in [0.3, 0.4) is 0 Å². The maximum Gasteiger partial charge on any atom is 0.416 e. The van der Waals surface area contributed by atoms with Gasteiger partial charge in [0.25, 0.3) is 0 Å². The molecule has 0 N–H and O–H groups in total. The van der Waals surface area contributed by atoms with Crippen LogP contribution >= 0.6 is 0 Å². The first-order chi connectivity index (χ1) is 7.77. The summed E-state index contributed by atoms with van der Waals surface area (Å²) in [5.41, 5.74) is 0. The van der Waals surface area contributed by atoms with Gasteiger partial charge in [-0.15, -0.1) is 0 Å². The molecule has 2 aliphatic rings. The van der Waals surface area contributed by atoms with Gasteiger partial charge in [0.2, 0.25) is 5.91 Å². The van der Waals surface area contributed by atoms with E-state index >= 15 is 0 Å². The predicted octanol–water partition coefficient (Wildman–Crippen LogP) is 2.47. The molecule has 0 aromatic carbocycles. The lowest BCUT2D eigenvalue weighted by Gasteiger charge is -2.19. The van der Waals surface area contributed by atoms with Crippen molar-refractivity contribution in [2.45, 2.75) is 57.5 Å². The molecule has 2 fully saturated rings.